The SMILES string of the molecule is CC(C)C[C@@H](C[CH-][OH+][O-])C[N+](=O)[O-].C[C@H]([NH3+])C1CCCCC1. The van der Waals surface area contributed by atoms with Gasteiger partial charge in [-0.25, -0.2) is 0 Å². The van der Waals surface area contributed by atoms with Crippen molar-refractivity contribution in [2.24, 2.45) is 17.8 Å². The second kappa shape index (κ2) is 12.8. The van der Waals surface area contributed by atoms with E-state index in [2.05, 4.69) is 17.5 Å². The molecule has 2 atom stereocenters. The van der Waals surface area contributed by atoms with Crippen molar-refractivity contribution in [3.63, 3.8) is 0 Å². The monoisotopic (exact) mass is 318 g/mol. The van der Waals surface area contributed by atoms with Crippen molar-refractivity contribution < 1.29 is 20.8 Å². The number of nitro groups is 1. The van der Waals surface area contributed by atoms with E-state index in [9.17, 15) is 15.4 Å². The molecule has 0 aromatic rings. The highest BCUT2D eigenvalue weighted by Crippen LogP contribution is 2.24. The van der Waals surface area contributed by atoms with Crippen molar-refractivity contribution in [2.45, 2.75) is 71.8 Å². The van der Waals surface area contributed by atoms with Crippen LogP contribution in [0.15, 0.2) is 0 Å². The van der Waals surface area contributed by atoms with E-state index in [0.717, 1.165) is 12.3 Å². The third-order valence-corrected chi connectivity index (χ3v) is 4.18. The van der Waals surface area contributed by atoms with Gasteiger partial charge < -0.3 is 15.9 Å². The van der Waals surface area contributed by atoms with Crippen LogP contribution in [0.5, 0.6) is 0 Å². The lowest BCUT2D eigenvalue weighted by Gasteiger charge is -2.22. The summed E-state index contributed by atoms with van der Waals surface area (Å²) in [5.74, 6) is 1.29. The van der Waals surface area contributed by atoms with Crippen molar-refractivity contribution in [2.75, 3.05) is 6.54 Å². The van der Waals surface area contributed by atoms with Crippen LogP contribution in [0, 0.1) is 34.5 Å². The van der Waals surface area contributed by atoms with Gasteiger partial charge in [0.25, 0.3) is 0 Å². The molecule has 1 saturated carbocycles. The van der Waals surface area contributed by atoms with Crippen molar-refractivity contribution in [3.05, 3.63) is 16.7 Å². The normalized spacial score (nSPS) is 18.5. The van der Waals surface area contributed by atoms with E-state index in [1.165, 1.54) is 38.7 Å². The van der Waals surface area contributed by atoms with Gasteiger partial charge in [-0.2, -0.15) is 0 Å². The minimum atomic E-state index is -0.342. The van der Waals surface area contributed by atoms with Crippen LogP contribution in [0.4, 0.5) is 0 Å². The summed E-state index contributed by atoms with van der Waals surface area (Å²) in [6.07, 6.45) is 8.39. The Hall–Kier alpha value is -0.720. The molecule has 1 rings (SSSR count). The van der Waals surface area contributed by atoms with E-state index in [0.29, 0.717) is 18.4 Å². The lowest BCUT2D eigenvalue weighted by atomic mass is 9.85. The van der Waals surface area contributed by atoms with Gasteiger partial charge in [0.1, 0.15) is 0 Å². The fraction of sp³-hybridized carbons (Fsp3) is 0.938. The molecule has 0 heterocycles. The molecule has 1 fully saturated rings. The number of quaternary nitrogens is 1. The molecular weight excluding hydrogens is 284 g/mol. The first-order chi connectivity index (χ1) is 10.4. The van der Waals surface area contributed by atoms with Gasteiger partial charge in [-0.15, -0.1) is 6.42 Å². The fourth-order valence-electron chi connectivity index (χ4n) is 3.02. The van der Waals surface area contributed by atoms with Crippen LogP contribution in [-0.2, 0) is 0 Å². The lowest BCUT2D eigenvalue weighted by molar-refractivity contribution is -0.762. The maximum atomic E-state index is 10.2. The zero-order chi connectivity index (χ0) is 17.0. The molecule has 0 radical (unpaired) electrons. The Bertz CT molecular complexity index is 279. The molecule has 22 heavy (non-hydrogen) atoms. The Balaban J connectivity index is 0.000000425. The van der Waals surface area contributed by atoms with Gasteiger partial charge >= 0.3 is 0 Å². The van der Waals surface area contributed by atoms with Gasteiger partial charge in [0.05, 0.1) is 6.04 Å². The largest absolute Gasteiger partial charge is 0.588 e. The summed E-state index contributed by atoms with van der Waals surface area (Å²) in [7, 11) is 0. The lowest BCUT2D eigenvalue weighted by Crippen LogP contribution is -2.62. The van der Waals surface area contributed by atoms with E-state index in [-0.39, 0.29) is 17.4 Å². The summed E-state index contributed by atoms with van der Waals surface area (Å²) >= 11 is 0. The smallest absolute Gasteiger partial charge is 0.204 e. The van der Waals surface area contributed by atoms with Gasteiger partial charge in [0, 0.05) is 16.8 Å². The Morgan fingerprint density at radius 1 is 1.27 bits per heavy atom. The molecular formula is C16H34N2O4. The van der Waals surface area contributed by atoms with Gasteiger partial charge in [0.15, 0.2) is 0 Å². The topological polar surface area (TPSA) is 107 Å². The van der Waals surface area contributed by atoms with Crippen molar-refractivity contribution in [1.29, 1.82) is 0 Å². The Labute approximate surface area is 134 Å². The maximum Gasteiger partial charge on any atom is 0.204 e. The highest BCUT2D eigenvalue weighted by Gasteiger charge is 2.18. The van der Waals surface area contributed by atoms with E-state index in [1.807, 2.05) is 13.8 Å². The predicted molar refractivity (Wildman–Crippen MR) is 85.3 cm³/mol. The van der Waals surface area contributed by atoms with Gasteiger partial charge in [0.2, 0.25) is 6.54 Å². The summed E-state index contributed by atoms with van der Waals surface area (Å²) in [5.41, 5.74) is 4.06. The number of hydrogen-bond donors (Lipinski definition) is 1. The van der Waals surface area contributed by atoms with E-state index in [1.54, 1.807) is 0 Å². The summed E-state index contributed by atoms with van der Waals surface area (Å²) in [6.45, 7) is 7.37. The average Bonchev–Trinajstić information content (AvgIpc) is 2.45. The third kappa shape index (κ3) is 11.9. The third-order valence-electron chi connectivity index (χ3n) is 4.18. The summed E-state index contributed by atoms with van der Waals surface area (Å²) in [6, 6.07) is 0.685. The van der Waals surface area contributed by atoms with Crippen LogP contribution in [0.2, 0.25) is 0 Å². The molecule has 4 N–H and O–H groups in total. The number of nitrogens with zero attached hydrogens (tertiary/aromatic N) is 1. The minimum Gasteiger partial charge on any atom is -0.588 e. The van der Waals surface area contributed by atoms with Gasteiger partial charge in [-0.05, 0) is 38.7 Å². The maximum absolute atomic E-state index is 10.2. The summed E-state index contributed by atoms with van der Waals surface area (Å²) < 4.78 is 0. The molecule has 1 aliphatic carbocycles. The molecule has 0 bridgehead atoms. The summed E-state index contributed by atoms with van der Waals surface area (Å²) in [5, 5.41) is 20.0. The highest BCUT2D eigenvalue weighted by molar-refractivity contribution is 4.68. The number of hydrogen-bond acceptors (Lipinski definition) is 3. The minimum absolute atomic E-state index is 0.0623. The first kappa shape index (κ1) is 21.3. The van der Waals surface area contributed by atoms with Crippen LogP contribution in [0.25, 0.3) is 0 Å². The first-order valence-electron chi connectivity index (χ1n) is 8.45. The number of aliphatic hydroxyl groups is 1. The first-order valence-corrected chi connectivity index (χ1v) is 8.45. The molecule has 0 aromatic carbocycles. The quantitative estimate of drug-likeness (QED) is 0.243. The molecule has 0 spiro atoms. The average molecular weight is 318 g/mol. The zero-order valence-corrected chi connectivity index (χ0v) is 14.4. The van der Waals surface area contributed by atoms with Crippen LogP contribution in [-0.4, -0.2) is 22.4 Å². The van der Waals surface area contributed by atoms with Gasteiger partial charge in [-0.3, -0.25) is 10.1 Å². The molecule has 0 aromatic heterocycles. The van der Waals surface area contributed by atoms with Crippen LogP contribution < -0.4 is 11.0 Å². The van der Waals surface area contributed by atoms with Crippen molar-refractivity contribution in [1.82, 2.24) is 0 Å². The predicted octanol–water partition coefficient (Wildman–Crippen LogP) is 2.04. The second-order valence-corrected chi connectivity index (χ2v) is 6.91. The van der Waals surface area contributed by atoms with E-state index >= 15 is 0 Å². The second-order valence-electron chi connectivity index (χ2n) is 6.91. The van der Waals surface area contributed by atoms with Gasteiger partial charge in [-0.1, -0.05) is 33.1 Å². The van der Waals surface area contributed by atoms with Crippen LogP contribution in [0.3, 0.4) is 0 Å². The van der Waals surface area contributed by atoms with Crippen molar-refractivity contribution in [3.8, 4) is 0 Å². The molecule has 1 aliphatic rings. The molecule has 0 saturated heterocycles. The Morgan fingerprint density at radius 3 is 2.23 bits per heavy atom. The molecule has 0 aliphatic heterocycles. The molecule has 6 nitrogen and oxygen atoms in total. The Morgan fingerprint density at radius 2 is 1.86 bits per heavy atom. The fourth-order valence-corrected chi connectivity index (χ4v) is 3.02. The Kier molecular flexibility index (Phi) is 12.4. The standard InChI is InChI=1S/C8H16NO4.C8H17N/c1-7(2)5-8(3-4-13-12)6-9(10)11;1-7(9)8-5-3-2-4-6-8/h4,7-8,13H,3,5-6H2,1-2H3;7-8H,2-6,9H2,1H3/q-1;/p+1/t8-;7-/m10/s1. The summed E-state index contributed by atoms with van der Waals surface area (Å²) in [4.78, 5) is 12.5. The molecule has 132 valence electrons. The highest BCUT2D eigenvalue weighted by atomic mass is 17.1. The number of rotatable bonds is 8. The molecule has 0 unspecified atom stereocenters. The van der Waals surface area contributed by atoms with Crippen LogP contribution >= 0.6 is 0 Å². The van der Waals surface area contributed by atoms with Crippen LogP contribution in [0.1, 0.15) is 65.7 Å². The van der Waals surface area contributed by atoms with E-state index < -0.39 is 0 Å². The van der Waals surface area contributed by atoms with Crippen molar-refractivity contribution >= 4 is 0 Å². The zero-order valence-electron chi connectivity index (χ0n) is 14.4. The molecule has 0 amide bonds. The molecule has 6 heteroatoms. The van der Waals surface area contributed by atoms with E-state index in [4.69, 9.17) is 0 Å².